The molecule has 0 spiro atoms. The number of anilines is 1. The van der Waals surface area contributed by atoms with Crippen molar-refractivity contribution in [1.29, 1.82) is 0 Å². The summed E-state index contributed by atoms with van der Waals surface area (Å²) in [6.07, 6.45) is 0. The fourth-order valence-corrected chi connectivity index (χ4v) is 2.47. The highest BCUT2D eigenvalue weighted by Crippen LogP contribution is 2.22. The molecule has 1 atom stereocenters. The van der Waals surface area contributed by atoms with Crippen molar-refractivity contribution in [3.8, 4) is 5.75 Å². The summed E-state index contributed by atoms with van der Waals surface area (Å²) in [7, 11) is 0. The van der Waals surface area contributed by atoms with Gasteiger partial charge in [-0.2, -0.15) is 0 Å². The van der Waals surface area contributed by atoms with Crippen LogP contribution in [0.4, 0.5) is 5.69 Å². The number of carbonyl (C=O) groups excluding carboxylic acids is 1. The van der Waals surface area contributed by atoms with E-state index in [0.717, 1.165) is 5.69 Å². The van der Waals surface area contributed by atoms with Crippen LogP contribution in [0.3, 0.4) is 0 Å². The zero-order valence-electron chi connectivity index (χ0n) is 13.5. The Kier molecular flexibility index (Phi) is 6.67. The van der Waals surface area contributed by atoms with Crippen molar-refractivity contribution in [2.24, 2.45) is 5.92 Å². The van der Waals surface area contributed by atoms with Gasteiger partial charge in [-0.3, -0.25) is 9.59 Å². The maximum Gasteiger partial charge on any atom is 0.309 e. The molecule has 25 heavy (non-hydrogen) atoms. The van der Waals surface area contributed by atoms with Crippen molar-refractivity contribution < 1.29 is 19.4 Å². The molecule has 2 N–H and O–H groups in total. The highest BCUT2D eigenvalue weighted by atomic mass is 35.5. The summed E-state index contributed by atoms with van der Waals surface area (Å²) >= 11 is 11.8. The molecule has 0 aliphatic carbocycles. The highest BCUT2D eigenvalue weighted by molar-refractivity contribution is 6.36. The number of rotatable bonds is 8. The molecule has 0 saturated carbocycles. The van der Waals surface area contributed by atoms with Gasteiger partial charge in [0.05, 0.1) is 17.5 Å². The number of halogens is 2. The SMILES string of the molecule is CC(COc1ccc(NCC(=O)c2ccc(Cl)cc2Cl)cc1)C(=O)O. The topological polar surface area (TPSA) is 75.6 Å². The second-order valence-corrected chi connectivity index (χ2v) is 6.32. The first-order valence-corrected chi connectivity index (χ1v) is 8.30. The smallest absolute Gasteiger partial charge is 0.309 e. The van der Waals surface area contributed by atoms with Gasteiger partial charge < -0.3 is 15.2 Å². The summed E-state index contributed by atoms with van der Waals surface area (Å²) < 4.78 is 5.40. The van der Waals surface area contributed by atoms with Crippen LogP contribution in [0.15, 0.2) is 42.5 Å². The number of carboxylic acids is 1. The first-order chi connectivity index (χ1) is 11.9. The minimum absolute atomic E-state index is 0.0810. The molecule has 0 bridgehead atoms. The van der Waals surface area contributed by atoms with Crippen LogP contribution in [0.25, 0.3) is 0 Å². The lowest BCUT2D eigenvalue weighted by atomic mass is 10.1. The van der Waals surface area contributed by atoms with E-state index in [-0.39, 0.29) is 18.9 Å². The van der Waals surface area contributed by atoms with Crippen LogP contribution in [0, 0.1) is 5.92 Å². The molecular weight excluding hydrogens is 365 g/mol. The van der Waals surface area contributed by atoms with E-state index in [9.17, 15) is 9.59 Å². The number of hydrogen-bond donors (Lipinski definition) is 2. The van der Waals surface area contributed by atoms with Gasteiger partial charge in [0.15, 0.2) is 5.78 Å². The predicted molar refractivity (Wildman–Crippen MR) is 98.0 cm³/mol. The number of aliphatic carboxylic acids is 1. The van der Waals surface area contributed by atoms with E-state index < -0.39 is 11.9 Å². The largest absolute Gasteiger partial charge is 0.493 e. The number of hydrogen-bond acceptors (Lipinski definition) is 4. The van der Waals surface area contributed by atoms with Crippen molar-refractivity contribution in [1.82, 2.24) is 0 Å². The molecule has 0 fully saturated rings. The van der Waals surface area contributed by atoms with E-state index in [1.54, 1.807) is 43.3 Å². The second kappa shape index (κ2) is 8.74. The van der Waals surface area contributed by atoms with E-state index in [1.165, 1.54) is 6.07 Å². The number of carbonyl (C=O) groups is 2. The minimum Gasteiger partial charge on any atom is -0.493 e. The summed E-state index contributed by atoms with van der Waals surface area (Å²) in [5, 5.41) is 12.6. The molecule has 2 aromatic carbocycles. The standard InChI is InChI=1S/C18H17Cl2NO4/c1-11(18(23)24)10-25-14-5-3-13(4-6-14)21-9-17(22)15-7-2-12(19)8-16(15)20/h2-8,11,21H,9-10H2,1H3,(H,23,24). The number of carboxylic acid groups (broad SMARTS) is 1. The Hall–Kier alpha value is -2.24. The molecule has 2 aromatic rings. The van der Waals surface area contributed by atoms with Crippen LogP contribution in [-0.4, -0.2) is 30.0 Å². The third-order valence-corrected chi connectivity index (χ3v) is 4.01. The van der Waals surface area contributed by atoms with Gasteiger partial charge in [0.2, 0.25) is 0 Å². The lowest BCUT2D eigenvalue weighted by Gasteiger charge is -2.11. The lowest BCUT2D eigenvalue weighted by Crippen LogP contribution is -2.18. The third-order valence-electron chi connectivity index (χ3n) is 3.46. The molecule has 0 aromatic heterocycles. The number of nitrogens with one attached hydrogen (secondary N) is 1. The molecule has 0 radical (unpaired) electrons. The van der Waals surface area contributed by atoms with Gasteiger partial charge in [-0.15, -0.1) is 0 Å². The quantitative estimate of drug-likeness (QED) is 0.663. The first-order valence-electron chi connectivity index (χ1n) is 7.54. The van der Waals surface area contributed by atoms with Gasteiger partial charge in [-0.1, -0.05) is 23.2 Å². The maximum atomic E-state index is 12.2. The molecular formula is C18H17Cl2NO4. The molecule has 5 nitrogen and oxygen atoms in total. The zero-order chi connectivity index (χ0) is 18.4. The van der Waals surface area contributed by atoms with Crippen molar-refractivity contribution in [3.63, 3.8) is 0 Å². The Morgan fingerprint density at radius 2 is 1.84 bits per heavy atom. The minimum atomic E-state index is -0.905. The molecule has 7 heteroatoms. The third kappa shape index (κ3) is 5.66. The molecule has 1 unspecified atom stereocenters. The number of benzene rings is 2. The summed E-state index contributed by atoms with van der Waals surface area (Å²) in [6, 6.07) is 11.6. The maximum absolute atomic E-state index is 12.2. The van der Waals surface area contributed by atoms with Crippen LogP contribution in [0.5, 0.6) is 5.75 Å². The monoisotopic (exact) mass is 381 g/mol. The Labute approximate surface area is 155 Å². The van der Waals surface area contributed by atoms with Crippen LogP contribution in [0.1, 0.15) is 17.3 Å². The van der Waals surface area contributed by atoms with E-state index >= 15 is 0 Å². The van der Waals surface area contributed by atoms with Crippen LogP contribution < -0.4 is 10.1 Å². The van der Waals surface area contributed by atoms with Gasteiger partial charge in [0.1, 0.15) is 12.4 Å². The number of ether oxygens (including phenoxy) is 1. The molecule has 0 aliphatic rings. The van der Waals surface area contributed by atoms with Gasteiger partial charge in [-0.05, 0) is 49.4 Å². The van der Waals surface area contributed by atoms with E-state index in [2.05, 4.69) is 5.32 Å². The molecule has 0 saturated heterocycles. The second-order valence-electron chi connectivity index (χ2n) is 5.48. The van der Waals surface area contributed by atoms with Crippen LogP contribution >= 0.6 is 23.2 Å². The van der Waals surface area contributed by atoms with Crippen molar-refractivity contribution in [3.05, 3.63) is 58.1 Å². The van der Waals surface area contributed by atoms with Gasteiger partial charge in [-0.25, -0.2) is 0 Å². The molecule has 132 valence electrons. The van der Waals surface area contributed by atoms with Crippen LogP contribution in [-0.2, 0) is 4.79 Å². The summed E-state index contributed by atoms with van der Waals surface area (Å²) in [5.41, 5.74) is 1.14. The van der Waals surface area contributed by atoms with E-state index in [4.69, 9.17) is 33.0 Å². The Bertz CT molecular complexity index is 762. The zero-order valence-corrected chi connectivity index (χ0v) is 15.0. The molecule has 2 rings (SSSR count). The normalized spacial score (nSPS) is 11.6. The Morgan fingerprint density at radius 3 is 2.44 bits per heavy atom. The summed E-state index contributed by atoms with van der Waals surface area (Å²) in [6.45, 7) is 1.75. The fourth-order valence-electron chi connectivity index (χ4n) is 1.95. The molecule has 0 aliphatic heterocycles. The fraction of sp³-hybridized carbons (Fsp3) is 0.222. The van der Waals surface area contributed by atoms with Gasteiger partial charge in [0, 0.05) is 16.3 Å². The van der Waals surface area contributed by atoms with Crippen LogP contribution in [0.2, 0.25) is 10.0 Å². The average molecular weight is 382 g/mol. The first kappa shape index (κ1) is 19.1. The average Bonchev–Trinajstić information content (AvgIpc) is 2.58. The van der Waals surface area contributed by atoms with Crippen molar-refractivity contribution in [2.75, 3.05) is 18.5 Å². The number of ketones is 1. The summed E-state index contributed by atoms with van der Waals surface area (Å²) in [4.78, 5) is 22.9. The molecule has 0 amide bonds. The Morgan fingerprint density at radius 1 is 1.16 bits per heavy atom. The van der Waals surface area contributed by atoms with E-state index in [0.29, 0.717) is 21.4 Å². The van der Waals surface area contributed by atoms with Gasteiger partial charge >= 0.3 is 5.97 Å². The predicted octanol–water partition coefficient (Wildman–Crippen LogP) is 4.39. The van der Waals surface area contributed by atoms with E-state index in [1.807, 2.05) is 0 Å². The summed E-state index contributed by atoms with van der Waals surface area (Å²) in [5.74, 6) is -1.08. The number of Topliss-reactive ketones (excluding diaryl/α,β-unsaturated/α-hetero) is 1. The Balaban J connectivity index is 1.88. The van der Waals surface area contributed by atoms with Gasteiger partial charge in [0.25, 0.3) is 0 Å². The van der Waals surface area contributed by atoms with Crippen molar-refractivity contribution in [2.45, 2.75) is 6.92 Å². The lowest BCUT2D eigenvalue weighted by molar-refractivity contribution is -0.142. The van der Waals surface area contributed by atoms with Crippen molar-refractivity contribution >= 4 is 40.6 Å². The molecule has 0 heterocycles. The highest BCUT2D eigenvalue weighted by Gasteiger charge is 2.12.